The molecule has 0 aliphatic carbocycles. The van der Waals surface area contributed by atoms with Crippen LogP contribution in [0.25, 0.3) is 0 Å². The molecule has 0 fully saturated rings. The minimum Gasteiger partial charge on any atom is -0.345 e. The van der Waals surface area contributed by atoms with Crippen molar-refractivity contribution in [2.45, 2.75) is 26.1 Å². The summed E-state index contributed by atoms with van der Waals surface area (Å²) in [6.45, 7) is 3.58. The summed E-state index contributed by atoms with van der Waals surface area (Å²) in [5, 5.41) is 4.61. The predicted octanol–water partition coefficient (Wildman–Crippen LogP) is 4.57. The number of hydrogen-bond donors (Lipinski definition) is 1. The summed E-state index contributed by atoms with van der Waals surface area (Å²) in [4.78, 5) is 12.7. The number of benzene rings is 1. The van der Waals surface area contributed by atoms with Gasteiger partial charge in [-0.15, -0.1) is 11.3 Å². The van der Waals surface area contributed by atoms with Crippen molar-refractivity contribution in [3.8, 4) is 0 Å². The fraction of sp³-hybridized carbons (Fsp3) is 0.267. The topological polar surface area (TPSA) is 29.1 Å². The van der Waals surface area contributed by atoms with Gasteiger partial charge in [0, 0.05) is 0 Å². The Morgan fingerprint density at radius 1 is 1.19 bits per heavy atom. The molecule has 0 aliphatic heterocycles. The van der Waals surface area contributed by atoms with E-state index in [-0.39, 0.29) is 11.9 Å². The summed E-state index contributed by atoms with van der Waals surface area (Å²) in [6, 6.07) is 6.30. The number of hydrogen-bond acceptors (Lipinski definition) is 2. The van der Waals surface area contributed by atoms with E-state index in [2.05, 4.69) is 5.32 Å². The first-order chi connectivity index (χ1) is 9.79. The summed E-state index contributed by atoms with van der Waals surface area (Å²) in [5.74, 6) is -0.213. The molecule has 1 atom stereocenters. The summed E-state index contributed by atoms with van der Waals surface area (Å²) < 4.78 is 37.5. The summed E-state index contributed by atoms with van der Waals surface area (Å²) in [6.07, 6.45) is -4.35. The van der Waals surface area contributed by atoms with Crippen LogP contribution in [0.2, 0.25) is 0 Å². The zero-order valence-corrected chi connectivity index (χ0v) is 12.3. The molecular weight excluding hydrogens is 299 g/mol. The average molecular weight is 313 g/mol. The minimum absolute atomic E-state index is 0.213. The normalized spacial score (nSPS) is 13.0. The number of alkyl halides is 3. The van der Waals surface area contributed by atoms with Crippen LogP contribution in [-0.2, 0) is 6.18 Å². The van der Waals surface area contributed by atoms with Crippen molar-refractivity contribution in [3.05, 3.63) is 57.3 Å². The van der Waals surface area contributed by atoms with E-state index in [4.69, 9.17) is 0 Å². The Morgan fingerprint density at radius 2 is 1.81 bits per heavy atom. The van der Waals surface area contributed by atoms with Crippen LogP contribution in [0.1, 0.15) is 39.3 Å². The Labute approximate surface area is 124 Å². The third-order valence-electron chi connectivity index (χ3n) is 3.15. The Balaban J connectivity index is 2.09. The lowest BCUT2D eigenvalue weighted by Crippen LogP contribution is -2.26. The molecule has 21 heavy (non-hydrogen) atoms. The molecule has 0 aliphatic rings. The highest BCUT2D eigenvalue weighted by atomic mass is 32.1. The highest BCUT2D eigenvalue weighted by molar-refractivity contribution is 7.12. The molecule has 1 aromatic carbocycles. The fourth-order valence-corrected chi connectivity index (χ4v) is 2.74. The molecule has 1 amide bonds. The van der Waals surface area contributed by atoms with Gasteiger partial charge in [0.05, 0.1) is 16.5 Å². The largest absolute Gasteiger partial charge is 0.416 e. The number of rotatable bonds is 3. The van der Waals surface area contributed by atoms with Crippen LogP contribution in [-0.4, -0.2) is 5.91 Å². The van der Waals surface area contributed by atoms with Crippen molar-refractivity contribution >= 4 is 17.2 Å². The summed E-state index contributed by atoms with van der Waals surface area (Å²) in [5.41, 5.74) is 0.821. The molecule has 1 aromatic heterocycles. The molecule has 2 nitrogen and oxygen atoms in total. The van der Waals surface area contributed by atoms with Crippen molar-refractivity contribution in [2.75, 3.05) is 0 Å². The molecule has 0 unspecified atom stereocenters. The average Bonchev–Trinajstić information content (AvgIpc) is 2.84. The summed E-state index contributed by atoms with van der Waals surface area (Å²) in [7, 11) is 0. The maximum absolute atomic E-state index is 12.5. The number of carbonyl (C=O) groups excluding carboxylic acids is 1. The van der Waals surface area contributed by atoms with E-state index in [1.807, 2.05) is 18.4 Å². The van der Waals surface area contributed by atoms with E-state index in [0.29, 0.717) is 10.4 Å². The standard InChI is InChI=1S/C15H14F3NOS/c1-9-7-8-21-13(9)14(20)19-10(2)11-3-5-12(6-4-11)15(16,17)18/h3-8,10H,1-2H3,(H,19,20)/t10-/m0/s1. The molecular formula is C15H14F3NOS. The van der Waals surface area contributed by atoms with Gasteiger partial charge in [-0.25, -0.2) is 0 Å². The SMILES string of the molecule is Cc1ccsc1C(=O)N[C@@H](C)c1ccc(C(F)(F)F)cc1. The van der Waals surface area contributed by atoms with Crippen molar-refractivity contribution in [1.29, 1.82) is 0 Å². The van der Waals surface area contributed by atoms with Crippen molar-refractivity contribution in [1.82, 2.24) is 5.32 Å². The minimum atomic E-state index is -4.35. The Morgan fingerprint density at radius 3 is 2.29 bits per heavy atom. The van der Waals surface area contributed by atoms with Gasteiger partial charge in [0.25, 0.3) is 5.91 Å². The van der Waals surface area contributed by atoms with Gasteiger partial charge in [0.1, 0.15) is 0 Å². The van der Waals surface area contributed by atoms with E-state index < -0.39 is 11.7 Å². The highest BCUT2D eigenvalue weighted by Crippen LogP contribution is 2.30. The maximum atomic E-state index is 12.5. The lowest BCUT2D eigenvalue weighted by molar-refractivity contribution is -0.137. The molecule has 112 valence electrons. The van der Waals surface area contributed by atoms with Gasteiger partial charge in [-0.2, -0.15) is 13.2 Å². The Kier molecular flexibility index (Phi) is 4.37. The number of aryl methyl sites for hydroxylation is 1. The first-order valence-corrected chi connectivity index (χ1v) is 7.19. The van der Waals surface area contributed by atoms with Gasteiger partial charge < -0.3 is 5.32 Å². The summed E-state index contributed by atoms with van der Waals surface area (Å²) >= 11 is 1.34. The van der Waals surface area contributed by atoms with Crippen LogP contribution in [0.15, 0.2) is 35.7 Å². The fourth-order valence-electron chi connectivity index (χ4n) is 1.91. The maximum Gasteiger partial charge on any atom is 0.416 e. The number of amides is 1. The molecule has 2 rings (SSSR count). The first-order valence-electron chi connectivity index (χ1n) is 6.31. The second-order valence-electron chi connectivity index (χ2n) is 4.75. The molecule has 0 saturated heterocycles. The van der Waals surface area contributed by atoms with Gasteiger partial charge in [-0.3, -0.25) is 4.79 Å². The van der Waals surface area contributed by atoms with Gasteiger partial charge in [0.15, 0.2) is 0 Å². The zero-order chi connectivity index (χ0) is 15.6. The number of thiophene rings is 1. The predicted molar refractivity (Wildman–Crippen MR) is 76.4 cm³/mol. The van der Waals surface area contributed by atoms with Crippen LogP contribution in [0.3, 0.4) is 0 Å². The van der Waals surface area contributed by atoms with Gasteiger partial charge >= 0.3 is 6.18 Å². The highest BCUT2D eigenvalue weighted by Gasteiger charge is 2.30. The molecule has 1 heterocycles. The monoisotopic (exact) mass is 313 g/mol. The lowest BCUT2D eigenvalue weighted by atomic mass is 10.1. The van der Waals surface area contributed by atoms with Gasteiger partial charge in [-0.1, -0.05) is 12.1 Å². The second kappa shape index (κ2) is 5.89. The molecule has 2 aromatic rings. The smallest absolute Gasteiger partial charge is 0.345 e. The zero-order valence-electron chi connectivity index (χ0n) is 11.5. The van der Waals surface area contributed by atoms with E-state index in [1.165, 1.54) is 23.5 Å². The lowest BCUT2D eigenvalue weighted by Gasteiger charge is -2.15. The van der Waals surface area contributed by atoms with Gasteiger partial charge in [-0.05, 0) is 48.6 Å². The number of halogens is 3. The van der Waals surface area contributed by atoms with E-state index >= 15 is 0 Å². The molecule has 1 N–H and O–H groups in total. The van der Waals surface area contributed by atoms with Crippen LogP contribution in [0, 0.1) is 6.92 Å². The van der Waals surface area contributed by atoms with Gasteiger partial charge in [0.2, 0.25) is 0 Å². The molecule has 0 spiro atoms. The molecule has 0 radical (unpaired) electrons. The number of nitrogens with one attached hydrogen (secondary N) is 1. The molecule has 0 bridgehead atoms. The molecule has 6 heteroatoms. The van der Waals surface area contributed by atoms with Crippen LogP contribution in [0.5, 0.6) is 0 Å². The third kappa shape index (κ3) is 3.64. The van der Waals surface area contributed by atoms with E-state index in [0.717, 1.165) is 17.7 Å². The Bertz CT molecular complexity index is 631. The van der Waals surface area contributed by atoms with Crippen LogP contribution in [0.4, 0.5) is 13.2 Å². The van der Waals surface area contributed by atoms with Crippen molar-refractivity contribution < 1.29 is 18.0 Å². The Hall–Kier alpha value is -1.82. The number of carbonyl (C=O) groups is 1. The third-order valence-corrected chi connectivity index (χ3v) is 4.17. The van der Waals surface area contributed by atoms with E-state index in [1.54, 1.807) is 6.92 Å². The van der Waals surface area contributed by atoms with Crippen LogP contribution >= 0.6 is 11.3 Å². The molecule has 0 saturated carbocycles. The quantitative estimate of drug-likeness (QED) is 0.884. The van der Waals surface area contributed by atoms with Crippen molar-refractivity contribution in [2.24, 2.45) is 0 Å². The van der Waals surface area contributed by atoms with Crippen LogP contribution < -0.4 is 5.32 Å². The first kappa shape index (κ1) is 15.6. The van der Waals surface area contributed by atoms with Crippen molar-refractivity contribution in [3.63, 3.8) is 0 Å². The van der Waals surface area contributed by atoms with E-state index in [9.17, 15) is 18.0 Å². The second-order valence-corrected chi connectivity index (χ2v) is 5.66.